The number of rotatable bonds is 9. The number of hydrogen-bond donors (Lipinski definition) is 2. The van der Waals surface area contributed by atoms with Crippen molar-refractivity contribution >= 4 is 50.2 Å². The zero-order valence-corrected chi connectivity index (χ0v) is 23.4. The van der Waals surface area contributed by atoms with Gasteiger partial charge < -0.3 is 14.5 Å². The Hall–Kier alpha value is -4.49. The highest BCUT2D eigenvalue weighted by atomic mass is 32.2. The molecule has 2 N–H and O–H groups in total. The fraction of sp³-hybridized carbons (Fsp3) is 0.148. The summed E-state index contributed by atoms with van der Waals surface area (Å²) in [6.45, 7) is 1.75. The summed E-state index contributed by atoms with van der Waals surface area (Å²) < 4.78 is 42.5. The predicted molar refractivity (Wildman–Crippen MR) is 153 cm³/mol. The van der Waals surface area contributed by atoms with E-state index in [2.05, 4.69) is 15.0 Å². The average Bonchev–Trinajstić information content (AvgIpc) is 3.45. The largest absolute Gasteiger partial charge is 0.495 e. The number of hydrogen-bond acceptors (Lipinski definition) is 8. The molecule has 5 aromatic rings. The Morgan fingerprint density at radius 1 is 1.07 bits per heavy atom. The van der Waals surface area contributed by atoms with E-state index in [0.717, 1.165) is 11.8 Å². The number of fused-ring (bicyclic) bond motifs is 1. The molecule has 13 heteroatoms. The van der Waals surface area contributed by atoms with E-state index in [1.165, 1.54) is 30.0 Å². The zero-order valence-electron chi connectivity index (χ0n) is 21.7. The second-order valence-electron chi connectivity index (χ2n) is 8.69. The summed E-state index contributed by atoms with van der Waals surface area (Å²) in [6.07, 6.45) is 0. The van der Waals surface area contributed by atoms with Gasteiger partial charge in [-0.2, -0.15) is 0 Å². The van der Waals surface area contributed by atoms with Crippen molar-refractivity contribution in [2.45, 2.75) is 17.0 Å². The zero-order chi connectivity index (χ0) is 28.4. The molecule has 2 aromatic heterocycles. The Labute approximate surface area is 233 Å². The fourth-order valence-electron chi connectivity index (χ4n) is 4.06. The molecular formula is C27H25N5O6S2. The highest BCUT2D eigenvalue weighted by Gasteiger charge is 2.21. The minimum absolute atomic E-state index is 0.0113. The summed E-state index contributed by atoms with van der Waals surface area (Å²) in [4.78, 5) is 30.1. The van der Waals surface area contributed by atoms with Crippen LogP contribution in [0.5, 0.6) is 5.75 Å². The van der Waals surface area contributed by atoms with Crippen molar-refractivity contribution in [3.05, 3.63) is 88.8 Å². The van der Waals surface area contributed by atoms with E-state index in [1.807, 2.05) is 18.2 Å². The maximum atomic E-state index is 13.0. The number of carbonyl (C=O) groups excluding carboxylic acids is 1. The van der Waals surface area contributed by atoms with Crippen LogP contribution in [0.2, 0.25) is 0 Å². The van der Waals surface area contributed by atoms with Gasteiger partial charge in [-0.3, -0.25) is 19.0 Å². The van der Waals surface area contributed by atoms with Crippen molar-refractivity contribution in [3.63, 3.8) is 0 Å². The highest BCUT2D eigenvalue weighted by Crippen LogP contribution is 2.29. The molecule has 0 radical (unpaired) electrons. The van der Waals surface area contributed by atoms with E-state index in [4.69, 9.17) is 9.15 Å². The number of benzene rings is 3. The van der Waals surface area contributed by atoms with Crippen molar-refractivity contribution in [1.82, 2.24) is 14.3 Å². The van der Waals surface area contributed by atoms with Crippen LogP contribution in [-0.4, -0.2) is 41.5 Å². The quantitative estimate of drug-likeness (QED) is 0.248. The molecule has 0 bridgehead atoms. The third-order valence-electron chi connectivity index (χ3n) is 6.15. The first-order chi connectivity index (χ1) is 19.2. The van der Waals surface area contributed by atoms with E-state index in [1.54, 1.807) is 55.1 Å². The Morgan fingerprint density at radius 2 is 1.80 bits per heavy atom. The van der Waals surface area contributed by atoms with Gasteiger partial charge in [0.15, 0.2) is 5.58 Å². The lowest BCUT2D eigenvalue weighted by Crippen LogP contribution is -2.23. The number of thioether (sulfide) groups is 1. The third-order valence-corrected chi connectivity index (χ3v) is 8.34. The number of methoxy groups -OCH3 is 1. The molecule has 1 amide bonds. The summed E-state index contributed by atoms with van der Waals surface area (Å²) in [5.74, 6) is -0.107. The Kier molecular flexibility index (Phi) is 7.41. The molecule has 0 saturated heterocycles. The summed E-state index contributed by atoms with van der Waals surface area (Å²) >= 11 is 1.03. The van der Waals surface area contributed by atoms with E-state index in [0.29, 0.717) is 33.9 Å². The minimum atomic E-state index is -3.93. The molecule has 0 atom stereocenters. The predicted octanol–water partition coefficient (Wildman–Crippen LogP) is 4.17. The lowest BCUT2D eigenvalue weighted by atomic mass is 10.3. The highest BCUT2D eigenvalue weighted by molar-refractivity contribution is 7.99. The number of carbonyl (C=O) groups is 1. The fourth-order valence-corrected chi connectivity index (χ4v) is 5.79. The topological polar surface area (TPSA) is 137 Å². The van der Waals surface area contributed by atoms with Crippen LogP contribution in [0, 0.1) is 6.92 Å². The van der Waals surface area contributed by atoms with Crippen LogP contribution < -0.4 is 20.3 Å². The molecule has 0 aliphatic heterocycles. The molecule has 0 saturated carbocycles. The number of anilines is 2. The van der Waals surface area contributed by atoms with Gasteiger partial charge in [-0.25, -0.2) is 18.1 Å². The number of sulfonamides is 1. The number of nitrogens with one attached hydrogen (secondary N) is 2. The van der Waals surface area contributed by atoms with Gasteiger partial charge in [-0.05, 0) is 49.4 Å². The number of oxazole rings is 1. The van der Waals surface area contributed by atoms with Gasteiger partial charge in [0.1, 0.15) is 17.0 Å². The second-order valence-corrected chi connectivity index (χ2v) is 11.3. The van der Waals surface area contributed by atoms with Crippen LogP contribution in [0.3, 0.4) is 0 Å². The first-order valence-corrected chi connectivity index (χ1v) is 14.5. The first kappa shape index (κ1) is 27.1. The molecule has 3 aromatic carbocycles. The van der Waals surface area contributed by atoms with Gasteiger partial charge in [-0.1, -0.05) is 42.1 Å². The molecule has 0 fully saturated rings. The van der Waals surface area contributed by atoms with E-state index in [9.17, 15) is 18.0 Å². The molecular weight excluding hydrogens is 554 g/mol. The van der Waals surface area contributed by atoms with Crippen LogP contribution >= 0.6 is 11.8 Å². The van der Waals surface area contributed by atoms with Gasteiger partial charge in [0.2, 0.25) is 5.91 Å². The Balaban J connectivity index is 1.29. The molecule has 0 aliphatic carbocycles. The number of ether oxygens (including phenoxy) is 1. The van der Waals surface area contributed by atoms with Crippen LogP contribution in [0.25, 0.3) is 16.8 Å². The molecule has 0 aliphatic rings. The maximum absolute atomic E-state index is 13.0. The second kappa shape index (κ2) is 10.9. The third kappa shape index (κ3) is 5.33. The van der Waals surface area contributed by atoms with Crippen molar-refractivity contribution in [2.24, 2.45) is 7.05 Å². The van der Waals surface area contributed by atoms with Crippen molar-refractivity contribution in [3.8, 4) is 11.4 Å². The van der Waals surface area contributed by atoms with E-state index >= 15 is 0 Å². The van der Waals surface area contributed by atoms with Crippen molar-refractivity contribution in [1.29, 1.82) is 0 Å². The molecule has 11 nitrogen and oxygen atoms in total. The summed E-state index contributed by atoms with van der Waals surface area (Å²) in [6, 6.07) is 20.1. The number of para-hydroxylation sites is 3. The Morgan fingerprint density at radius 3 is 2.55 bits per heavy atom. The first-order valence-electron chi connectivity index (χ1n) is 12.0. The Bertz CT molecular complexity index is 1880. The SMILES string of the molecule is COc1ccccc1NS(=O)(=O)c1ccc2oc(SCC(=O)Nc3c(C)n(C)n(-c4ccccc4)c3=O)nc2c1. The average molecular weight is 580 g/mol. The molecule has 2 heterocycles. The van der Waals surface area contributed by atoms with E-state index in [-0.39, 0.29) is 27.1 Å². The number of nitrogens with zero attached hydrogens (tertiary/aromatic N) is 3. The smallest absolute Gasteiger partial charge is 0.295 e. The summed E-state index contributed by atoms with van der Waals surface area (Å²) in [5, 5.41) is 2.88. The van der Waals surface area contributed by atoms with Crippen LogP contribution in [0.4, 0.5) is 11.4 Å². The molecule has 5 rings (SSSR count). The summed E-state index contributed by atoms with van der Waals surface area (Å²) in [5.41, 5.74) is 2.10. The molecule has 0 spiro atoms. The summed E-state index contributed by atoms with van der Waals surface area (Å²) in [7, 11) is -0.738. The molecule has 206 valence electrons. The normalized spacial score (nSPS) is 11.5. The standard InChI is InChI=1S/C27H25N5O6S2/c1-17-25(26(34)32(31(17)2)18-9-5-4-6-10-18)29-24(33)16-39-27-28-21-15-19(13-14-23(21)38-27)40(35,36)30-20-11-7-8-12-22(20)37-3/h4-15,30H,16H2,1-3H3,(H,29,33). The monoisotopic (exact) mass is 579 g/mol. The number of aromatic nitrogens is 3. The van der Waals surface area contributed by atoms with Crippen LogP contribution in [0.15, 0.2) is 92.1 Å². The van der Waals surface area contributed by atoms with Gasteiger partial charge in [0.25, 0.3) is 20.8 Å². The number of amides is 1. The molecule has 0 unspecified atom stereocenters. The maximum Gasteiger partial charge on any atom is 0.295 e. The molecule has 40 heavy (non-hydrogen) atoms. The van der Waals surface area contributed by atoms with Crippen LogP contribution in [-0.2, 0) is 21.9 Å². The van der Waals surface area contributed by atoms with Gasteiger partial charge >= 0.3 is 0 Å². The van der Waals surface area contributed by atoms with Crippen molar-refractivity contribution < 1.29 is 22.4 Å². The minimum Gasteiger partial charge on any atom is -0.495 e. The lowest BCUT2D eigenvalue weighted by Gasteiger charge is -2.11. The van der Waals surface area contributed by atoms with Crippen LogP contribution in [0.1, 0.15) is 5.69 Å². The van der Waals surface area contributed by atoms with Gasteiger partial charge in [-0.15, -0.1) is 0 Å². The van der Waals surface area contributed by atoms with E-state index < -0.39 is 15.9 Å². The van der Waals surface area contributed by atoms with Gasteiger partial charge in [0.05, 0.1) is 34.8 Å². The van der Waals surface area contributed by atoms with Gasteiger partial charge in [0, 0.05) is 7.05 Å². The van der Waals surface area contributed by atoms with Crippen molar-refractivity contribution in [2.75, 3.05) is 22.9 Å². The lowest BCUT2D eigenvalue weighted by molar-refractivity contribution is -0.113.